The zero-order valence-electron chi connectivity index (χ0n) is 12.3. The van der Waals surface area contributed by atoms with Crippen LogP contribution in [0.5, 0.6) is 5.75 Å². The largest absolute Gasteiger partial charge is 0.496 e. The molecule has 1 saturated carbocycles. The Balaban J connectivity index is 2.07. The van der Waals surface area contributed by atoms with Gasteiger partial charge in [-0.25, -0.2) is 0 Å². The van der Waals surface area contributed by atoms with Gasteiger partial charge in [0, 0.05) is 13.1 Å². The van der Waals surface area contributed by atoms with Gasteiger partial charge in [-0.05, 0) is 56.5 Å². The van der Waals surface area contributed by atoms with Crippen molar-refractivity contribution in [3.8, 4) is 11.8 Å². The second-order valence-corrected chi connectivity index (χ2v) is 5.81. The molecule has 102 valence electrons. The predicted octanol–water partition coefficient (Wildman–Crippen LogP) is 3.05. The van der Waals surface area contributed by atoms with Crippen molar-refractivity contribution in [2.24, 2.45) is 5.41 Å². The van der Waals surface area contributed by atoms with Crippen LogP contribution in [0.3, 0.4) is 0 Å². The lowest BCUT2D eigenvalue weighted by Gasteiger charge is -2.21. The molecule has 0 unspecified atom stereocenters. The number of benzene rings is 1. The van der Waals surface area contributed by atoms with Crippen LogP contribution in [-0.4, -0.2) is 25.6 Å². The van der Waals surface area contributed by atoms with Crippen molar-refractivity contribution in [3.05, 3.63) is 28.8 Å². The van der Waals surface area contributed by atoms with E-state index in [2.05, 4.69) is 44.0 Å². The van der Waals surface area contributed by atoms with Crippen molar-refractivity contribution in [3.63, 3.8) is 0 Å². The van der Waals surface area contributed by atoms with Crippen molar-refractivity contribution < 1.29 is 4.74 Å². The number of nitrogens with zero attached hydrogens (tertiary/aromatic N) is 2. The zero-order chi connectivity index (χ0) is 14.0. The molecule has 0 saturated heterocycles. The Hall–Kier alpha value is -1.53. The number of nitriles is 1. The van der Waals surface area contributed by atoms with Gasteiger partial charge in [0.05, 0.1) is 18.6 Å². The summed E-state index contributed by atoms with van der Waals surface area (Å²) >= 11 is 0. The van der Waals surface area contributed by atoms with Crippen molar-refractivity contribution in [1.29, 1.82) is 5.26 Å². The Labute approximate surface area is 115 Å². The topological polar surface area (TPSA) is 36.3 Å². The molecule has 0 heterocycles. The fourth-order valence-electron chi connectivity index (χ4n) is 2.56. The number of methoxy groups -OCH3 is 1. The smallest absolute Gasteiger partial charge is 0.122 e. The lowest BCUT2D eigenvalue weighted by atomic mass is 10.0. The molecule has 0 N–H and O–H groups in total. The number of aryl methyl sites for hydroxylation is 2. The van der Waals surface area contributed by atoms with Gasteiger partial charge < -0.3 is 9.64 Å². The minimum Gasteiger partial charge on any atom is -0.496 e. The summed E-state index contributed by atoms with van der Waals surface area (Å²) in [4.78, 5) is 2.25. The normalized spacial score (nSPS) is 16.2. The maximum atomic E-state index is 9.15. The molecule has 0 amide bonds. The lowest BCUT2D eigenvalue weighted by molar-refractivity contribution is 0.286. The first-order chi connectivity index (χ1) is 8.99. The van der Waals surface area contributed by atoms with Crippen LogP contribution in [0.2, 0.25) is 0 Å². The quantitative estimate of drug-likeness (QED) is 0.814. The molecule has 0 aromatic heterocycles. The standard InChI is InChI=1S/C16H22N2O/c1-12-8-15(19-4)13(2)7-14(12)9-18(3)11-16(10-17)5-6-16/h7-8H,5-6,9,11H2,1-4H3. The summed E-state index contributed by atoms with van der Waals surface area (Å²) in [5.74, 6) is 0.944. The maximum Gasteiger partial charge on any atom is 0.122 e. The highest BCUT2D eigenvalue weighted by molar-refractivity contribution is 5.41. The Morgan fingerprint density at radius 3 is 2.53 bits per heavy atom. The number of ether oxygens (including phenoxy) is 1. The second kappa shape index (κ2) is 5.22. The molecule has 2 rings (SSSR count). The van der Waals surface area contributed by atoms with Crippen LogP contribution in [0.1, 0.15) is 29.5 Å². The number of rotatable bonds is 5. The summed E-state index contributed by atoms with van der Waals surface area (Å²) in [7, 11) is 3.80. The molecule has 1 aliphatic rings. The highest BCUT2D eigenvalue weighted by atomic mass is 16.5. The summed E-state index contributed by atoms with van der Waals surface area (Å²) in [6, 6.07) is 6.74. The van der Waals surface area contributed by atoms with E-state index >= 15 is 0 Å². The first kappa shape index (κ1) is 13.9. The van der Waals surface area contributed by atoms with Gasteiger partial charge in [-0.1, -0.05) is 6.07 Å². The molecular weight excluding hydrogens is 236 g/mol. The summed E-state index contributed by atoms with van der Waals surface area (Å²) in [5, 5.41) is 9.15. The van der Waals surface area contributed by atoms with E-state index in [0.29, 0.717) is 0 Å². The number of hydrogen-bond donors (Lipinski definition) is 0. The monoisotopic (exact) mass is 258 g/mol. The Kier molecular flexibility index (Phi) is 3.82. The fourth-order valence-corrected chi connectivity index (χ4v) is 2.56. The minimum atomic E-state index is -0.0653. The Morgan fingerprint density at radius 1 is 1.32 bits per heavy atom. The van der Waals surface area contributed by atoms with Crippen LogP contribution < -0.4 is 4.74 Å². The van der Waals surface area contributed by atoms with E-state index in [4.69, 9.17) is 10.00 Å². The third-order valence-corrected chi connectivity index (χ3v) is 3.96. The molecule has 1 aromatic rings. The van der Waals surface area contributed by atoms with Crippen molar-refractivity contribution in [2.45, 2.75) is 33.2 Å². The third kappa shape index (κ3) is 3.08. The molecule has 1 aliphatic carbocycles. The van der Waals surface area contributed by atoms with E-state index in [1.54, 1.807) is 7.11 Å². The molecule has 19 heavy (non-hydrogen) atoms. The van der Waals surface area contributed by atoms with E-state index < -0.39 is 0 Å². The molecule has 0 atom stereocenters. The van der Waals surface area contributed by atoms with Gasteiger partial charge in [0.25, 0.3) is 0 Å². The van der Waals surface area contributed by atoms with Gasteiger partial charge in [0.2, 0.25) is 0 Å². The van der Waals surface area contributed by atoms with Gasteiger partial charge in [0.15, 0.2) is 0 Å². The third-order valence-electron chi connectivity index (χ3n) is 3.96. The predicted molar refractivity (Wildman–Crippen MR) is 76.1 cm³/mol. The zero-order valence-corrected chi connectivity index (χ0v) is 12.3. The minimum absolute atomic E-state index is 0.0653. The van der Waals surface area contributed by atoms with E-state index in [-0.39, 0.29) is 5.41 Å². The fraction of sp³-hybridized carbons (Fsp3) is 0.562. The van der Waals surface area contributed by atoms with Gasteiger partial charge in [-0.15, -0.1) is 0 Å². The van der Waals surface area contributed by atoms with Crippen molar-refractivity contribution >= 4 is 0 Å². The average molecular weight is 258 g/mol. The van der Waals surface area contributed by atoms with E-state index in [1.807, 2.05) is 0 Å². The van der Waals surface area contributed by atoms with Crippen LogP contribution in [0.15, 0.2) is 12.1 Å². The van der Waals surface area contributed by atoms with Crippen LogP contribution in [0, 0.1) is 30.6 Å². The molecule has 0 bridgehead atoms. The summed E-state index contributed by atoms with van der Waals surface area (Å²) in [5.41, 5.74) is 3.66. The summed E-state index contributed by atoms with van der Waals surface area (Å²) < 4.78 is 5.34. The van der Waals surface area contributed by atoms with Crippen molar-refractivity contribution in [2.75, 3.05) is 20.7 Å². The molecule has 0 spiro atoms. The van der Waals surface area contributed by atoms with Crippen molar-refractivity contribution in [1.82, 2.24) is 4.90 Å². The average Bonchev–Trinajstić information content (AvgIpc) is 3.13. The van der Waals surface area contributed by atoms with Crippen LogP contribution in [0.4, 0.5) is 0 Å². The molecule has 0 radical (unpaired) electrons. The first-order valence-corrected chi connectivity index (χ1v) is 6.73. The molecule has 3 nitrogen and oxygen atoms in total. The highest BCUT2D eigenvalue weighted by Gasteiger charge is 2.43. The van der Waals surface area contributed by atoms with Crippen LogP contribution >= 0.6 is 0 Å². The van der Waals surface area contributed by atoms with Crippen LogP contribution in [-0.2, 0) is 6.54 Å². The van der Waals surface area contributed by atoms with E-state index in [0.717, 1.165) is 37.2 Å². The molecular formula is C16H22N2O. The Morgan fingerprint density at radius 2 is 2.00 bits per heavy atom. The second-order valence-electron chi connectivity index (χ2n) is 5.81. The maximum absolute atomic E-state index is 9.15. The van der Waals surface area contributed by atoms with Gasteiger partial charge in [-0.3, -0.25) is 0 Å². The van der Waals surface area contributed by atoms with E-state index in [1.165, 1.54) is 11.1 Å². The van der Waals surface area contributed by atoms with Gasteiger partial charge >= 0.3 is 0 Å². The SMILES string of the molecule is COc1cc(C)c(CN(C)CC2(C#N)CC2)cc1C. The molecule has 3 heteroatoms. The summed E-state index contributed by atoms with van der Waals surface area (Å²) in [6.45, 7) is 5.94. The summed E-state index contributed by atoms with van der Waals surface area (Å²) in [6.07, 6.45) is 2.10. The van der Waals surface area contributed by atoms with Gasteiger partial charge in [-0.2, -0.15) is 5.26 Å². The molecule has 1 aromatic carbocycles. The van der Waals surface area contributed by atoms with Gasteiger partial charge in [0.1, 0.15) is 5.75 Å². The van der Waals surface area contributed by atoms with E-state index in [9.17, 15) is 0 Å². The number of hydrogen-bond acceptors (Lipinski definition) is 3. The van der Waals surface area contributed by atoms with Crippen LogP contribution in [0.25, 0.3) is 0 Å². The Bertz CT molecular complexity index is 512. The molecule has 1 fully saturated rings. The molecule has 0 aliphatic heterocycles. The highest BCUT2D eigenvalue weighted by Crippen LogP contribution is 2.45. The first-order valence-electron chi connectivity index (χ1n) is 6.73. The lowest BCUT2D eigenvalue weighted by Crippen LogP contribution is -2.26.